The van der Waals surface area contributed by atoms with Crippen LogP contribution in [0.25, 0.3) is 0 Å². The third-order valence-corrected chi connectivity index (χ3v) is 2.97. The Bertz CT molecular complexity index is 165. The zero-order valence-electron chi connectivity index (χ0n) is 9.04. The molecule has 0 saturated heterocycles. The Kier molecular flexibility index (Phi) is 5.40. The van der Waals surface area contributed by atoms with Gasteiger partial charge in [0, 0.05) is 17.4 Å². The number of carbonyl (C=O) groups excluding carboxylic acids is 1. The minimum atomic E-state index is -0.197. The summed E-state index contributed by atoms with van der Waals surface area (Å²) in [6, 6.07) is 0. The molecule has 0 rings (SSSR count). The molecular formula is C9H21N2OS+. The van der Waals surface area contributed by atoms with E-state index in [4.69, 9.17) is 5.73 Å². The van der Waals surface area contributed by atoms with Crippen LogP contribution in [0.5, 0.6) is 0 Å². The maximum absolute atomic E-state index is 10.7. The first-order chi connectivity index (χ1) is 5.83. The first-order valence-corrected chi connectivity index (χ1v) is 5.66. The first kappa shape index (κ1) is 12.8. The van der Waals surface area contributed by atoms with Crippen LogP contribution < -0.4 is 5.73 Å². The lowest BCUT2D eigenvalue weighted by atomic mass is 10.2. The summed E-state index contributed by atoms with van der Waals surface area (Å²) in [6.07, 6.45) is 0. The van der Waals surface area contributed by atoms with Crippen molar-refractivity contribution in [3.05, 3.63) is 0 Å². The fourth-order valence-corrected chi connectivity index (χ4v) is 2.04. The fraction of sp³-hybridized carbons (Fsp3) is 0.889. The molecule has 13 heavy (non-hydrogen) atoms. The van der Waals surface area contributed by atoms with Gasteiger partial charge in [0.2, 0.25) is 5.91 Å². The summed E-state index contributed by atoms with van der Waals surface area (Å²) in [7, 11) is 6.49. The third-order valence-electron chi connectivity index (χ3n) is 1.76. The molecule has 0 aliphatic rings. The van der Waals surface area contributed by atoms with E-state index in [0.717, 1.165) is 22.5 Å². The van der Waals surface area contributed by atoms with Gasteiger partial charge in [0.05, 0.1) is 27.7 Å². The molecule has 0 aromatic carbocycles. The minimum absolute atomic E-state index is 0.00234. The maximum atomic E-state index is 10.7. The normalized spacial score (nSPS) is 14.2. The number of hydrogen-bond acceptors (Lipinski definition) is 2. The summed E-state index contributed by atoms with van der Waals surface area (Å²) in [4.78, 5) is 10.7. The number of rotatable bonds is 6. The van der Waals surface area contributed by atoms with E-state index in [1.165, 1.54) is 0 Å². The number of primary amides is 1. The Morgan fingerprint density at radius 1 is 1.46 bits per heavy atom. The fourth-order valence-electron chi connectivity index (χ4n) is 0.681. The Labute approximate surface area is 85.3 Å². The van der Waals surface area contributed by atoms with E-state index in [0.29, 0.717) is 0 Å². The molecule has 0 fully saturated rings. The smallest absolute Gasteiger partial charge is 0.221 e. The van der Waals surface area contributed by atoms with Crippen LogP contribution in [0, 0.1) is 5.92 Å². The molecule has 0 aromatic heterocycles. The molecule has 0 aliphatic heterocycles. The average molecular weight is 205 g/mol. The number of hydrogen-bond donors (Lipinski definition) is 1. The Morgan fingerprint density at radius 2 is 2.00 bits per heavy atom. The van der Waals surface area contributed by atoms with E-state index in [2.05, 4.69) is 21.1 Å². The van der Waals surface area contributed by atoms with Gasteiger partial charge in [-0.1, -0.05) is 6.92 Å². The molecule has 0 saturated carbocycles. The third kappa shape index (κ3) is 8.12. The number of nitrogens with zero attached hydrogens (tertiary/aromatic N) is 1. The first-order valence-electron chi connectivity index (χ1n) is 4.50. The standard InChI is InChI=1S/C9H20N2OS/c1-8(9(10)12)7-13-6-5-11(2,3)4/h8H,5-7H2,1-4H3,(H-,10,12)/p+1. The number of carbonyl (C=O) groups is 1. The highest BCUT2D eigenvalue weighted by Gasteiger charge is 2.10. The zero-order chi connectivity index (χ0) is 10.5. The average Bonchev–Trinajstić information content (AvgIpc) is 1.95. The second-order valence-corrected chi connectivity index (χ2v) is 5.54. The number of quaternary nitrogens is 1. The van der Waals surface area contributed by atoms with Gasteiger partial charge in [0.1, 0.15) is 0 Å². The van der Waals surface area contributed by atoms with Crippen molar-refractivity contribution in [2.75, 3.05) is 39.2 Å². The van der Waals surface area contributed by atoms with Gasteiger partial charge < -0.3 is 10.2 Å². The molecule has 0 spiro atoms. The van der Waals surface area contributed by atoms with Crippen molar-refractivity contribution < 1.29 is 9.28 Å². The van der Waals surface area contributed by atoms with E-state index in [9.17, 15) is 4.79 Å². The Balaban J connectivity index is 3.41. The highest BCUT2D eigenvalue weighted by Crippen LogP contribution is 2.08. The molecule has 2 N–H and O–H groups in total. The van der Waals surface area contributed by atoms with Crippen molar-refractivity contribution in [1.82, 2.24) is 0 Å². The van der Waals surface area contributed by atoms with Gasteiger partial charge in [0.25, 0.3) is 0 Å². The van der Waals surface area contributed by atoms with Crippen LogP contribution in [-0.2, 0) is 4.79 Å². The lowest BCUT2D eigenvalue weighted by Gasteiger charge is -2.23. The molecular weight excluding hydrogens is 184 g/mol. The molecule has 4 heteroatoms. The van der Waals surface area contributed by atoms with Crippen molar-refractivity contribution in [2.45, 2.75) is 6.92 Å². The van der Waals surface area contributed by atoms with Gasteiger partial charge in [-0.05, 0) is 0 Å². The second kappa shape index (κ2) is 5.50. The van der Waals surface area contributed by atoms with Gasteiger partial charge in [-0.25, -0.2) is 0 Å². The summed E-state index contributed by atoms with van der Waals surface area (Å²) < 4.78 is 0.970. The molecule has 0 aromatic rings. The monoisotopic (exact) mass is 205 g/mol. The van der Waals surface area contributed by atoms with Gasteiger partial charge in [-0.2, -0.15) is 11.8 Å². The Morgan fingerprint density at radius 3 is 2.38 bits per heavy atom. The quantitative estimate of drug-likeness (QED) is 0.508. The lowest BCUT2D eigenvalue weighted by Crippen LogP contribution is -2.36. The van der Waals surface area contributed by atoms with E-state index in [1.807, 2.05) is 6.92 Å². The van der Waals surface area contributed by atoms with Gasteiger partial charge in [0.15, 0.2) is 0 Å². The van der Waals surface area contributed by atoms with Crippen LogP contribution in [0.1, 0.15) is 6.92 Å². The van der Waals surface area contributed by atoms with Crippen LogP contribution in [0.4, 0.5) is 0 Å². The largest absolute Gasteiger partial charge is 0.369 e. The summed E-state index contributed by atoms with van der Waals surface area (Å²) in [5.41, 5.74) is 5.15. The Hall–Kier alpha value is -0.220. The molecule has 1 atom stereocenters. The SMILES string of the molecule is CC(CSCC[N+](C)(C)C)C(N)=O. The molecule has 1 unspecified atom stereocenters. The van der Waals surface area contributed by atoms with Gasteiger partial charge in [-0.3, -0.25) is 4.79 Å². The summed E-state index contributed by atoms with van der Waals surface area (Å²) in [5.74, 6) is 1.73. The van der Waals surface area contributed by atoms with Crippen LogP contribution in [0.3, 0.4) is 0 Å². The molecule has 78 valence electrons. The molecule has 0 bridgehead atoms. The lowest BCUT2D eigenvalue weighted by molar-refractivity contribution is -0.867. The zero-order valence-corrected chi connectivity index (χ0v) is 9.86. The van der Waals surface area contributed by atoms with E-state index < -0.39 is 0 Å². The molecule has 0 aliphatic carbocycles. The predicted molar refractivity (Wildman–Crippen MR) is 58.6 cm³/mol. The van der Waals surface area contributed by atoms with Crippen molar-refractivity contribution in [3.63, 3.8) is 0 Å². The van der Waals surface area contributed by atoms with E-state index >= 15 is 0 Å². The maximum Gasteiger partial charge on any atom is 0.221 e. The van der Waals surface area contributed by atoms with Crippen molar-refractivity contribution >= 4 is 17.7 Å². The second-order valence-electron chi connectivity index (χ2n) is 4.39. The predicted octanol–water partition coefficient (Wildman–Crippen LogP) is 0.547. The summed E-state index contributed by atoms with van der Waals surface area (Å²) >= 11 is 1.80. The van der Waals surface area contributed by atoms with Crippen molar-refractivity contribution in [3.8, 4) is 0 Å². The number of amides is 1. The van der Waals surface area contributed by atoms with Crippen molar-refractivity contribution in [1.29, 1.82) is 0 Å². The molecule has 3 nitrogen and oxygen atoms in total. The molecule has 0 radical (unpaired) electrons. The van der Waals surface area contributed by atoms with Crippen LogP contribution in [0.15, 0.2) is 0 Å². The van der Waals surface area contributed by atoms with E-state index in [1.54, 1.807) is 11.8 Å². The molecule has 1 amide bonds. The van der Waals surface area contributed by atoms with Gasteiger partial charge >= 0.3 is 0 Å². The summed E-state index contributed by atoms with van der Waals surface area (Å²) in [5, 5.41) is 0. The number of nitrogens with two attached hydrogens (primary N) is 1. The highest BCUT2D eigenvalue weighted by atomic mass is 32.2. The van der Waals surface area contributed by atoms with Crippen LogP contribution in [0.2, 0.25) is 0 Å². The van der Waals surface area contributed by atoms with Crippen molar-refractivity contribution in [2.24, 2.45) is 11.7 Å². The molecule has 0 heterocycles. The van der Waals surface area contributed by atoms with Gasteiger partial charge in [-0.15, -0.1) is 0 Å². The summed E-state index contributed by atoms with van der Waals surface area (Å²) in [6.45, 7) is 3.00. The highest BCUT2D eigenvalue weighted by molar-refractivity contribution is 7.99. The number of thioether (sulfide) groups is 1. The van der Waals surface area contributed by atoms with E-state index in [-0.39, 0.29) is 11.8 Å². The van der Waals surface area contributed by atoms with Crippen LogP contribution in [-0.4, -0.2) is 49.6 Å². The minimum Gasteiger partial charge on any atom is -0.369 e. The van der Waals surface area contributed by atoms with Crippen LogP contribution >= 0.6 is 11.8 Å². The topological polar surface area (TPSA) is 43.1 Å².